The molecule has 0 bridgehead atoms. The number of benzene rings is 2. The van der Waals surface area contributed by atoms with Crippen molar-refractivity contribution < 1.29 is 9.53 Å². The number of ether oxygens (including phenoxy) is 1. The van der Waals surface area contributed by atoms with Crippen molar-refractivity contribution in [2.24, 2.45) is 5.92 Å². The molecule has 1 saturated heterocycles. The van der Waals surface area contributed by atoms with E-state index in [9.17, 15) is 4.79 Å². The van der Waals surface area contributed by atoms with Crippen LogP contribution in [0.3, 0.4) is 0 Å². The lowest BCUT2D eigenvalue weighted by Crippen LogP contribution is -2.40. The van der Waals surface area contributed by atoms with Crippen LogP contribution in [0.4, 0.5) is 0 Å². The monoisotopic (exact) mass is 408 g/mol. The number of piperidine rings is 1. The molecule has 30 heavy (non-hydrogen) atoms. The number of hydrogen-bond donors (Lipinski definition) is 1. The van der Waals surface area contributed by atoms with Crippen LogP contribution in [0.5, 0.6) is 5.75 Å². The van der Waals surface area contributed by atoms with E-state index >= 15 is 0 Å². The predicted octanol–water partition coefficient (Wildman–Crippen LogP) is 4.74. The average Bonchev–Trinajstić information content (AvgIpc) is 2.72. The Hall–Kier alpha value is -2.33. The number of nitrogens with zero attached hydrogens (tertiary/aromatic N) is 1. The van der Waals surface area contributed by atoms with Gasteiger partial charge in [0.05, 0.1) is 6.10 Å². The third-order valence-corrected chi connectivity index (χ3v) is 5.68. The second-order valence-electron chi connectivity index (χ2n) is 8.74. The molecule has 0 aromatic heterocycles. The van der Waals surface area contributed by atoms with Crippen molar-refractivity contribution in [2.45, 2.75) is 59.1 Å². The molecule has 1 aliphatic rings. The fourth-order valence-corrected chi connectivity index (χ4v) is 4.08. The van der Waals surface area contributed by atoms with E-state index in [0.29, 0.717) is 0 Å². The Morgan fingerprint density at radius 2 is 1.83 bits per heavy atom. The molecule has 0 spiro atoms. The van der Waals surface area contributed by atoms with Gasteiger partial charge in [0.1, 0.15) is 5.75 Å². The van der Waals surface area contributed by atoms with E-state index in [4.69, 9.17) is 4.74 Å². The van der Waals surface area contributed by atoms with Gasteiger partial charge in [-0.25, -0.2) is 0 Å². The predicted molar refractivity (Wildman–Crippen MR) is 123 cm³/mol. The Kier molecular flexibility index (Phi) is 8.32. The second-order valence-corrected chi connectivity index (χ2v) is 8.74. The summed E-state index contributed by atoms with van der Waals surface area (Å²) in [5.41, 5.74) is 3.95. The van der Waals surface area contributed by atoms with Gasteiger partial charge in [0.25, 0.3) is 0 Å². The van der Waals surface area contributed by atoms with Gasteiger partial charge in [0.15, 0.2) is 0 Å². The zero-order chi connectivity index (χ0) is 21.3. The van der Waals surface area contributed by atoms with Crippen molar-refractivity contribution >= 4 is 5.91 Å². The molecule has 2 aromatic carbocycles. The van der Waals surface area contributed by atoms with Crippen LogP contribution in [0, 0.1) is 12.8 Å². The standard InChI is InChI=1S/C26H36N2O2/c1-20(2)30-25-11-9-22(10-12-25)8-5-15-27-26(29)24-13-16-28(17-14-24)19-23-7-4-6-21(3)18-23/h4,6-7,9-12,18,20,24H,5,8,13-17,19H2,1-3H3,(H,27,29). The van der Waals surface area contributed by atoms with E-state index in [1.807, 2.05) is 26.0 Å². The van der Waals surface area contributed by atoms with Crippen LogP contribution < -0.4 is 10.1 Å². The van der Waals surface area contributed by atoms with Crippen LogP contribution in [0.1, 0.15) is 49.8 Å². The molecule has 1 aliphatic heterocycles. The average molecular weight is 409 g/mol. The summed E-state index contributed by atoms with van der Waals surface area (Å²) in [6, 6.07) is 17.0. The summed E-state index contributed by atoms with van der Waals surface area (Å²) < 4.78 is 5.68. The molecule has 0 saturated carbocycles. The third kappa shape index (κ3) is 7.17. The minimum Gasteiger partial charge on any atom is -0.491 e. The lowest BCUT2D eigenvalue weighted by atomic mass is 9.95. The highest BCUT2D eigenvalue weighted by molar-refractivity contribution is 5.78. The number of aryl methyl sites for hydroxylation is 2. The Balaban J connectivity index is 1.32. The molecule has 1 heterocycles. The quantitative estimate of drug-likeness (QED) is 0.609. The van der Waals surface area contributed by atoms with E-state index in [1.165, 1.54) is 16.7 Å². The number of rotatable bonds is 9. The highest BCUT2D eigenvalue weighted by Gasteiger charge is 2.24. The number of likely N-dealkylation sites (tertiary alicyclic amines) is 1. The molecule has 0 radical (unpaired) electrons. The first-order valence-corrected chi connectivity index (χ1v) is 11.3. The van der Waals surface area contributed by atoms with Crippen molar-refractivity contribution in [1.29, 1.82) is 0 Å². The van der Waals surface area contributed by atoms with Gasteiger partial charge in [-0.05, 0) is 82.8 Å². The molecule has 162 valence electrons. The number of hydrogen-bond acceptors (Lipinski definition) is 3. The van der Waals surface area contributed by atoms with Gasteiger partial charge < -0.3 is 10.1 Å². The maximum atomic E-state index is 12.5. The summed E-state index contributed by atoms with van der Waals surface area (Å²) in [6.45, 7) is 9.92. The highest BCUT2D eigenvalue weighted by atomic mass is 16.5. The van der Waals surface area contributed by atoms with E-state index in [0.717, 1.165) is 57.6 Å². The normalized spacial score (nSPS) is 15.3. The molecule has 3 rings (SSSR count). The number of amides is 1. The molecule has 1 fully saturated rings. The summed E-state index contributed by atoms with van der Waals surface area (Å²) in [4.78, 5) is 15.0. The summed E-state index contributed by atoms with van der Waals surface area (Å²) in [5.74, 6) is 1.30. The lowest BCUT2D eigenvalue weighted by molar-refractivity contribution is -0.126. The number of carbonyl (C=O) groups excluding carboxylic acids is 1. The first kappa shape index (κ1) is 22.4. The third-order valence-electron chi connectivity index (χ3n) is 5.68. The van der Waals surface area contributed by atoms with Gasteiger partial charge in [0.2, 0.25) is 5.91 Å². The van der Waals surface area contributed by atoms with Gasteiger partial charge in [0, 0.05) is 19.0 Å². The van der Waals surface area contributed by atoms with Gasteiger partial charge in [-0.3, -0.25) is 9.69 Å². The van der Waals surface area contributed by atoms with E-state index in [2.05, 4.69) is 53.5 Å². The zero-order valence-electron chi connectivity index (χ0n) is 18.7. The summed E-state index contributed by atoms with van der Waals surface area (Å²) in [6.07, 6.45) is 4.03. The van der Waals surface area contributed by atoms with Crippen molar-refractivity contribution in [2.75, 3.05) is 19.6 Å². The lowest BCUT2D eigenvalue weighted by Gasteiger charge is -2.31. The van der Waals surface area contributed by atoms with Gasteiger partial charge in [-0.1, -0.05) is 42.0 Å². The van der Waals surface area contributed by atoms with Crippen molar-refractivity contribution in [3.63, 3.8) is 0 Å². The van der Waals surface area contributed by atoms with Gasteiger partial charge >= 0.3 is 0 Å². The van der Waals surface area contributed by atoms with Crippen molar-refractivity contribution in [1.82, 2.24) is 10.2 Å². The SMILES string of the molecule is Cc1cccc(CN2CCC(C(=O)NCCCc3ccc(OC(C)C)cc3)CC2)c1. The molecule has 0 aliphatic carbocycles. The zero-order valence-corrected chi connectivity index (χ0v) is 18.7. The minimum absolute atomic E-state index is 0.159. The molecule has 4 heteroatoms. The second kappa shape index (κ2) is 11.2. The number of carbonyl (C=O) groups is 1. The molecule has 4 nitrogen and oxygen atoms in total. The Labute approximate surface area is 181 Å². The largest absolute Gasteiger partial charge is 0.491 e. The summed E-state index contributed by atoms with van der Waals surface area (Å²) >= 11 is 0. The van der Waals surface area contributed by atoms with Crippen LogP contribution in [0.15, 0.2) is 48.5 Å². The maximum absolute atomic E-state index is 12.5. The molecular formula is C26H36N2O2. The summed E-state index contributed by atoms with van der Waals surface area (Å²) in [5, 5.41) is 3.15. The first-order chi connectivity index (χ1) is 14.5. The molecule has 0 unspecified atom stereocenters. The van der Waals surface area contributed by atoms with E-state index < -0.39 is 0 Å². The fraction of sp³-hybridized carbons (Fsp3) is 0.500. The Bertz CT molecular complexity index is 793. The van der Waals surface area contributed by atoms with E-state index in [1.54, 1.807) is 0 Å². The van der Waals surface area contributed by atoms with Gasteiger partial charge in [-0.2, -0.15) is 0 Å². The Morgan fingerprint density at radius 3 is 2.50 bits per heavy atom. The molecule has 0 atom stereocenters. The Morgan fingerprint density at radius 1 is 1.10 bits per heavy atom. The van der Waals surface area contributed by atoms with Crippen LogP contribution in [0.2, 0.25) is 0 Å². The van der Waals surface area contributed by atoms with Crippen LogP contribution in [-0.4, -0.2) is 36.5 Å². The van der Waals surface area contributed by atoms with Crippen LogP contribution in [0.25, 0.3) is 0 Å². The molecule has 2 aromatic rings. The summed E-state index contributed by atoms with van der Waals surface area (Å²) in [7, 11) is 0. The number of nitrogens with one attached hydrogen (secondary N) is 1. The van der Waals surface area contributed by atoms with Gasteiger partial charge in [-0.15, -0.1) is 0 Å². The maximum Gasteiger partial charge on any atom is 0.223 e. The van der Waals surface area contributed by atoms with Crippen LogP contribution >= 0.6 is 0 Å². The highest BCUT2D eigenvalue weighted by Crippen LogP contribution is 2.20. The fourth-order valence-electron chi connectivity index (χ4n) is 4.08. The first-order valence-electron chi connectivity index (χ1n) is 11.3. The molecule has 1 N–H and O–H groups in total. The van der Waals surface area contributed by atoms with E-state index in [-0.39, 0.29) is 17.9 Å². The topological polar surface area (TPSA) is 41.6 Å². The molecular weight excluding hydrogens is 372 g/mol. The minimum atomic E-state index is 0.159. The molecule has 1 amide bonds. The smallest absolute Gasteiger partial charge is 0.223 e. The van der Waals surface area contributed by atoms with Crippen molar-refractivity contribution in [3.05, 3.63) is 65.2 Å². The van der Waals surface area contributed by atoms with Crippen LogP contribution in [-0.2, 0) is 17.8 Å². The van der Waals surface area contributed by atoms with Crippen molar-refractivity contribution in [3.8, 4) is 5.75 Å².